The molecule has 0 aliphatic carbocycles. The number of ether oxygens (including phenoxy) is 1. The van der Waals surface area contributed by atoms with E-state index in [1.54, 1.807) is 13.0 Å². The fourth-order valence-corrected chi connectivity index (χ4v) is 0.666. The Labute approximate surface area is 73.0 Å². The molecule has 0 radical (unpaired) electrons. The van der Waals surface area contributed by atoms with Crippen molar-refractivity contribution in [3.63, 3.8) is 0 Å². The lowest BCUT2D eigenvalue weighted by atomic mass is 10.2. The van der Waals surface area contributed by atoms with Crippen LogP contribution in [-0.2, 0) is 9.53 Å². The predicted molar refractivity (Wildman–Crippen MR) is 47.1 cm³/mol. The van der Waals surface area contributed by atoms with Crippen LogP contribution >= 0.6 is 0 Å². The van der Waals surface area contributed by atoms with Crippen LogP contribution in [0.15, 0.2) is 11.6 Å². The Morgan fingerprint density at radius 1 is 1.58 bits per heavy atom. The van der Waals surface area contributed by atoms with Gasteiger partial charge in [0, 0.05) is 5.57 Å². The van der Waals surface area contributed by atoms with E-state index >= 15 is 0 Å². The first kappa shape index (κ1) is 11.2. The molecule has 0 fully saturated rings. The van der Waals surface area contributed by atoms with Crippen molar-refractivity contribution in [3.8, 4) is 0 Å². The predicted octanol–water partition coefficient (Wildman–Crippen LogP) is 1.83. The van der Waals surface area contributed by atoms with Gasteiger partial charge in [-0.25, -0.2) is 4.79 Å². The third-order valence-corrected chi connectivity index (χ3v) is 1.36. The molecule has 12 heavy (non-hydrogen) atoms. The Bertz CT molecular complexity index is 171. The van der Waals surface area contributed by atoms with Gasteiger partial charge in [0.15, 0.2) is 0 Å². The fourth-order valence-electron chi connectivity index (χ4n) is 0.666. The molecule has 0 amide bonds. The van der Waals surface area contributed by atoms with Crippen molar-refractivity contribution in [1.82, 2.24) is 0 Å². The van der Waals surface area contributed by atoms with Crippen LogP contribution in [0.1, 0.15) is 27.2 Å². The summed E-state index contributed by atoms with van der Waals surface area (Å²) in [6, 6.07) is 0. The van der Waals surface area contributed by atoms with Crippen LogP contribution in [0.3, 0.4) is 0 Å². The van der Waals surface area contributed by atoms with Crippen molar-refractivity contribution < 1.29 is 14.6 Å². The van der Waals surface area contributed by atoms with E-state index in [4.69, 9.17) is 9.84 Å². The molecular weight excluding hydrogens is 156 g/mol. The standard InChI is InChI=1S/C9H16O3/c1-7(2)12-6-4-5-8(3)9(10)11/h5,7H,4,6H2,1-3H3,(H,10,11). The summed E-state index contributed by atoms with van der Waals surface area (Å²) in [6.07, 6.45) is 2.55. The Hall–Kier alpha value is -0.830. The second-order valence-electron chi connectivity index (χ2n) is 2.90. The summed E-state index contributed by atoms with van der Waals surface area (Å²) in [7, 11) is 0. The van der Waals surface area contributed by atoms with Gasteiger partial charge < -0.3 is 9.84 Å². The number of carboxylic acid groups (broad SMARTS) is 1. The maximum absolute atomic E-state index is 10.3. The van der Waals surface area contributed by atoms with E-state index in [-0.39, 0.29) is 6.10 Å². The Morgan fingerprint density at radius 2 is 2.17 bits per heavy atom. The third-order valence-electron chi connectivity index (χ3n) is 1.36. The molecule has 0 rings (SSSR count). The van der Waals surface area contributed by atoms with Crippen LogP contribution in [0.25, 0.3) is 0 Å². The quantitative estimate of drug-likeness (QED) is 0.508. The number of carboxylic acids is 1. The van der Waals surface area contributed by atoms with Crippen molar-refractivity contribution in [2.45, 2.75) is 33.3 Å². The highest BCUT2D eigenvalue weighted by molar-refractivity contribution is 5.85. The number of hydrogen-bond donors (Lipinski definition) is 1. The third kappa shape index (κ3) is 5.92. The molecule has 0 atom stereocenters. The van der Waals surface area contributed by atoms with Gasteiger partial charge in [-0.1, -0.05) is 6.08 Å². The molecule has 3 heteroatoms. The Balaban J connectivity index is 3.54. The monoisotopic (exact) mass is 172 g/mol. The second kappa shape index (κ2) is 5.77. The molecule has 0 bridgehead atoms. The van der Waals surface area contributed by atoms with Crippen LogP contribution in [0.5, 0.6) is 0 Å². The Morgan fingerprint density at radius 3 is 2.58 bits per heavy atom. The largest absolute Gasteiger partial charge is 0.478 e. The van der Waals surface area contributed by atoms with Crippen LogP contribution in [0.2, 0.25) is 0 Å². The summed E-state index contributed by atoms with van der Waals surface area (Å²) < 4.78 is 5.23. The second-order valence-corrected chi connectivity index (χ2v) is 2.90. The van der Waals surface area contributed by atoms with Crippen LogP contribution < -0.4 is 0 Å². The maximum Gasteiger partial charge on any atom is 0.330 e. The van der Waals surface area contributed by atoms with Gasteiger partial charge in [-0.2, -0.15) is 0 Å². The minimum absolute atomic E-state index is 0.212. The minimum atomic E-state index is -0.862. The average molecular weight is 172 g/mol. The molecule has 0 aromatic heterocycles. The molecule has 0 saturated heterocycles. The fraction of sp³-hybridized carbons (Fsp3) is 0.667. The van der Waals surface area contributed by atoms with E-state index in [0.717, 1.165) is 0 Å². The molecule has 0 unspecified atom stereocenters. The highest BCUT2D eigenvalue weighted by Crippen LogP contribution is 1.97. The zero-order valence-electron chi connectivity index (χ0n) is 7.83. The zero-order chi connectivity index (χ0) is 9.56. The van der Waals surface area contributed by atoms with E-state index in [0.29, 0.717) is 18.6 Å². The molecule has 0 spiro atoms. The van der Waals surface area contributed by atoms with Gasteiger partial charge in [0.25, 0.3) is 0 Å². The summed E-state index contributed by atoms with van der Waals surface area (Å²) in [5.74, 6) is -0.862. The van der Waals surface area contributed by atoms with E-state index in [1.165, 1.54) is 0 Å². The lowest BCUT2D eigenvalue weighted by Crippen LogP contribution is -2.03. The van der Waals surface area contributed by atoms with Crippen molar-refractivity contribution >= 4 is 5.97 Å². The SMILES string of the molecule is CC(=CCCOC(C)C)C(=O)O. The van der Waals surface area contributed by atoms with Gasteiger partial charge in [-0.15, -0.1) is 0 Å². The molecular formula is C9H16O3. The number of hydrogen-bond acceptors (Lipinski definition) is 2. The van der Waals surface area contributed by atoms with Gasteiger partial charge in [-0.05, 0) is 27.2 Å². The molecule has 0 heterocycles. The summed E-state index contributed by atoms with van der Waals surface area (Å²) in [5, 5.41) is 8.48. The number of rotatable bonds is 5. The molecule has 0 aromatic carbocycles. The first-order chi connectivity index (χ1) is 5.54. The molecule has 0 aliphatic rings. The van der Waals surface area contributed by atoms with Crippen LogP contribution in [0, 0.1) is 0 Å². The molecule has 0 aromatic rings. The molecule has 1 N–H and O–H groups in total. The molecule has 0 saturated carbocycles. The van der Waals surface area contributed by atoms with Gasteiger partial charge in [0.1, 0.15) is 0 Å². The van der Waals surface area contributed by atoms with Crippen LogP contribution in [0.4, 0.5) is 0 Å². The number of aliphatic carboxylic acids is 1. The van der Waals surface area contributed by atoms with E-state index in [1.807, 2.05) is 13.8 Å². The van der Waals surface area contributed by atoms with Crippen molar-refractivity contribution in [3.05, 3.63) is 11.6 Å². The lowest BCUT2D eigenvalue weighted by molar-refractivity contribution is -0.132. The summed E-state index contributed by atoms with van der Waals surface area (Å²) in [4.78, 5) is 10.3. The number of carbonyl (C=O) groups is 1. The lowest BCUT2D eigenvalue weighted by Gasteiger charge is -2.04. The highest BCUT2D eigenvalue weighted by atomic mass is 16.5. The summed E-state index contributed by atoms with van der Waals surface area (Å²) >= 11 is 0. The highest BCUT2D eigenvalue weighted by Gasteiger charge is 1.98. The van der Waals surface area contributed by atoms with Crippen molar-refractivity contribution in [2.24, 2.45) is 0 Å². The van der Waals surface area contributed by atoms with E-state index in [9.17, 15) is 4.79 Å². The minimum Gasteiger partial charge on any atom is -0.478 e. The first-order valence-corrected chi connectivity index (χ1v) is 4.05. The topological polar surface area (TPSA) is 46.5 Å². The van der Waals surface area contributed by atoms with Gasteiger partial charge >= 0.3 is 5.97 Å². The van der Waals surface area contributed by atoms with E-state index < -0.39 is 5.97 Å². The van der Waals surface area contributed by atoms with Gasteiger partial charge in [0.05, 0.1) is 12.7 Å². The first-order valence-electron chi connectivity index (χ1n) is 4.05. The summed E-state index contributed by atoms with van der Waals surface area (Å²) in [6.45, 7) is 6.07. The smallest absolute Gasteiger partial charge is 0.330 e. The van der Waals surface area contributed by atoms with Crippen LogP contribution in [-0.4, -0.2) is 23.8 Å². The van der Waals surface area contributed by atoms with Gasteiger partial charge in [-0.3, -0.25) is 0 Å². The maximum atomic E-state index is 10.3. The normalized spacial score (nSPS) is 12.2. The zero-order valence-corrected chi connectivity index (χ0v) is 7.83. The van der Waals surface area contributed by atoms with Crippen molar-refractivity contribution in [1.29, 1.82) is 0 Å². The van der Waals surface area contributed by atoms with Crippen molar-refractivity contribution in [2.75, 3.05) is 6.61 Å². The average Bonchev–Trinajstić information content (AvgIpc) is 1.97. The molecule has 0 aliphatic heterocycles. The Kier molecular flexibility index (Phi) is 5.37. The van der Waals surface area contributed by atoms with E-state index in [2.05, 4.69) is 0 Å². The molecule has 70 valence electrons. The van der Waals surface area contributed by atoms with Gasteiger partial charge in [0.2, 0.25) is 0 Å². The summed E-state index contributed by atoms with van der Waals surface area (Å²) in [5.41, 5.74) is 0.377. The molecule has 3 nitrogen and oxygen atoms in total.